The molecule has 0 saturated heterocycles. The van der Waals surface area contributed by atoms with Gasteiger partial charge in [-0.25, -0.2) is 13.6 Å². The lowest BCUT2D eigenvalue weighted by atomic mass is 9.92. The first-order valence-electron chi connectivity index (χ1n) is 6.71. The minimum Gasteiger partial charge on any atom is -0.379 e. The summed E-state index contributed by atoms with van der Waals surface area (Å²) in [5.74, 6) is 0.463. The fourth-order valence-electron chi connectivity index (χ4n) is 2.47. The summed E-state index contributed by atoms with van der Waals surface area (Å²) in [4.78, 5) is 10.0. The van der Waals surface area contributed by atoms with Crippen molar-refractivity contribution >= 4 is 21.4 Å². The van der Waals surface area contributed by atoms with E-state index in [1.165, 1.54) is 12.1 Å². The Bertz CT molecular complexity index is 666. The van der Waals surface area contributed by atoms with Gasteiger partial charge >= 0.3 is 5.69 Å². The Balaban J connectivity index is 2.34. The first-order chi connectivity index (χ1) is 9.67. The van der Waals surface area contributed by atoms with Gasteiger partial charge < -0.3 is 5.32 Å². The molecule has 7 nitrogen and oxygen atoms in total. The van der Waals surface area contributed by atoms with Gasteiger partial charge in [-0.05, 0) is 36.3 Å². The Hall–Kier alpha value is -1.67. The van der Waals surface area contributed by atoms with Crippen LogP contribution in [0.1, 0.15) is 26.7 Å². The van der Waals surface area contributed by atoms with Gasteiger partial charge in [0.05, 0.1) is 4.92 Å². The summed E-state index contributed by atoms with van der Waals surface area (Å²) in [6.45, 7) is 4.81. The number of nitrogens with zero attached hydrogens (tertiary/aromatic N) is 1. The van der Waals surface area contributed by atoms with E-state index in [1.807, 2.05) is 0 Å². The number of hydrogen-bond acceptors (Lipinski definition) is 5. The van der Waals surface area contributed by atoms with Crippen molar-refractivity contribution in [2.24, 2.45) is 16.5 Å². The van der Waals surface area contributed by atoms with Crippen molar-refractivity contribution in [3.63, 3.8) is 0 Å². The number of nitrogens with two attached hydrogens (primary N) is 1. The minimum atomic E-state index is -4.14. The monoisotopic (exact) mass is 313 g/mol. The van der Waals surface area contributed by atoms with Gasteiger partial charge in [-0.15, -0.1) is 0 Å². The second-order valence-electron chi connectivity index (χ2n) is 5.83. The second kappa shape index (κ2) is 5.27. The molecule has 0 spiro atoms. The van der Waals surface area contributed by atoms with E-state index in [2.05, 4.69) is 19.2 Å². The smallest absolute Gasteiger partial charge is 0.312 e. The van der Waals surface area contributed by atoms with Crippen LogP contribution in [0, 0.1) is 21.4 Å². The molecule has 3 N–H and O–H groups in total. The number of para-hydroxylation sites is 1. The van der Waals surface area contributed by atoms with Crippen LogP contribution in [0.2, 0.25) is 0 Å². The van der Waals surface area contributed by atoms with Gasteiger partial charge in [0.1, 0.15) is 5.69 Å². The summed E-state index contributed by atoms with van der Waals surface area (Å²) >= 11 is 0. The van der Waals surface area contributed by atoms with Crippen molar-refractivity contribution in [2.75, 3.05) is 11.9 Å². The molecule has 1 aromatic rings. The minimum absolute atomic E-state index is 0.144. The van der Waals surface area contributed by atoms with Gasteiger partial charge in [-0.1, -0.05) is 19.9 Å². The number of benzene rings is 1. The maximum Gasteiger partial charge on any atom is 0.312 e. The average Bonchev–Trinajstić information content (AvgIpc) is 3.15. The predicted octanol–water partition coefficient (Wildman–Crippen LogP) is 2.09. The maximum atomic E-state index is 11.5. The zero-order chi connectivity index (χ0) is 15.8. The number of rotatable bonds is 6. The molecule has 0 radical (unpaired) electrons. The highest BCUT2D eigenvalue weighted by Gasteiger charge is 2.45. The van der Waals surface area contributed by atoms with E-state index in [4.69, 9.17) is 5.14 Å². The Morgan fingerprint density at radius 3 is 2.48 bits per heavy atom. The van der Waals surface area contributed by atoms with Crippen molar-refractivity contribution in [2.45, 2.75) is 31.6 Å². The summed E-state index contributed by atoms with van der Waals surface area (Å²) in [7, 11) is -4.14. The molecule has 0 heterocycles. The van der Waals surface area contributed by atoms with E-state index in [1.54, 1.807) is 0 Å². The molecular weight excluding hydrogens is 294 g/mol. The summed E-state index contributed by atoms with van der Waals surface area (Å²) in [5, 5.41) is 19.3. The molecule has 1 aliphatic rings. The van der Waals surface area contributed by atoms with Gasteiger partial charge in [0, 0.05) is 6.54 Å². The molecule has 1 aromatic carbocycles. The molecular formula is C13H19N3O4S. The zero-order valence-corrected chi connectivity index (χ0v) is 12.8. The number of sulfonamides is 1. The van der Waals surface area contributed by atoms with Gasteiger partial charge in [-0.3, -0.25) is 10.1 Å². The summed E-state index contributed by atoms with van der Waals surface area (Å²) in [5.41, 5.74) is -0.149. The molecule has 0 atom stereocenters. The van der Waals surface area contributed by atoms with E-state index in [9.17, 15) is 18.5 Å². The summed E-state index contributed by atoms with van der Waals surface area (Å²) in [6, 6.07) is 4.10. The number of anilines is 1. The Morgan fingerprint density at radius 1 is 1.43 bits per heavy atom. The van der Waals surface area contributed by atoms with Gasteiger partial charge in [-0.2, -0.15) is 0 Å². The molecule has 0 unspecified atom stereocenters. The molecule has 0 bridgehead atoms. The normalized spacial score (nSPS) is 16.8. The standard InChI is InChI=1S/C13H19N3O4S/c1-9(2)13(6-7-13)8-15-10-4-3-5-11(21(14,19)20)12(10)16(17)18/h3-5,9,15H,6-8H2,1-2H3,(H2,14,19,20). The molecule has 8 heteroatoms. The quantitative estimate of drug-likeness (QED) is 0.616. The number of primary sulfonamides is 1. The Kier molecular flexibility index (Phi) is 3.94. The lowest BCUT2D eigenvalue weighted by Crippen LogP contribution is -2.22. The predicted molar refractivity (Wildman–Crippen MR) is 79.5 cm³/mol. The highest BCUT2D eigenvalue weighted by atomic mass is 32.2. The summed E-state index contributed by atoms with van der Waals surface area (Å²) in [6.07, 6.45) is 2.14. The number of nitro benzene ring substituents is 1. The molecule has 0 aromatic heterocycles. The molecule has 21 heavy (non-hydrogen) atoms. The molecule has 1 saturated carbocycles. The van der Waals surface area contributed by atoms with Crippen molar-refractivity contribution in [1.29, 1.82) is 0 Å². The van der Waals surface area contributed by atoms with Crippen LogP contribution in [0.15, 0.2) is 23.1 Å². The van der Waals surface area contributed by atoms with Crippen LogP contribution < -0.4 is 10.5 Å². The fourth-order valence-corrected chi connectivity index (χ4v) is 3.20. The van der Waals surface area contributed by atoms with Crippen LogP contribution in [-0.2, 0) is 10.0 Å². The Labute approximate surface area is 123 Å². The van der Waals surface area contributed by atoms with Crippen LogP contribution in [0.3, 0.4) is 0 Å². The van der Waals surface area contributed by atoms with Crippen molar-refractivity contribution in [1.82, 2.24) is 0 Å². The number of nitrogens with one attached hydrogen (secondary N) is 1. The Morgan fingerprint density at radius 2 is 2.05 bits per heavy atom. The SMILES string of the molecule is CC(C)C1(CNc2cccc(S(N)(=O)=O)c2[N+](=O)[O-])CC1. The van der Waals surface area contributed by atoms with E-state index in [-0.39, 0.29) is 11.1 Å². The van der Waals surface area contributed by atoms with Gasteiger partial charge in [0.15, 0.2) is 4.90 Å². The first-order valence-corrected chi connectivity index (χ1v) is 8.26. The van der Waals surface area contributed by atoms with Gasteiger partial charge in [0.25, 0.3) is 0 Å². The van der Waals surface area contributed by atoms with E-state index in [0.29, 0.717) is 12.5 Å². The molecule has 0 amide bonds. The third kappa shape index (κ3) is 3.16. The van der Waals surface area contributed by atoms with E-state index in [0.717, 1.165) is 18.9 Å². The molecule has 1 aliphatic carbocycles. The van der Waals surface area contributed by atoms with Crippen LogP contribution in [0.25, 0.3) is 0 Å². The van der Waals surface area contributed by atoms with Gasteiger partial charge in [0.2, 0.25) is 10.0 Å². The lowest BCUT2D eigenvalue weighted by Gasteiger charge is -2.20. The molecule has 116 valence electrons. The van der Waals surface area contributed by atoms with Crippen LogP contribution in [-0.4, -0.2) is 19.9 Å². The third-order valence-electron chi connectivity index (χ3n) is 4.24. The van der Waals surface area contributed by atoms with Crippen LogP contribution >= 0.6 is 0 Å². The summed E-state index contributed by atoms with van der Waals surface area (Å²) < 4.78 is 23.0. The maximum absolute atomic E-state index is 11.5. The largest absolute Gasteiger partial charge is 0.379 e. The zero-order valence-electron chi connectivity index (χ0n) is 12.0. The van der Waals surface area contributed by atoms with E-state index >= 15 is 0 Å². The number of hydrogen-bond donors (Lipinski definition) is 2. The highest BCUT2D eigenvalue weighted by Crippen LogP contribution is 2.52. The highest BCUT2D eigenvalue weighted by molar-refractivity contribution is 7.89. The van der Waals surface area contributed by atoms with E-state index < -0.39 is 25.5 Å². The number of nitro groups is 1. The third-order valence-corrected chi connectivity index (χ3v) is 5.18. The lowest BCUT2D eigenvalue weighted by molar-refractivity contribution is -0.386. The molecule has 0 aliphatic heterocycles. The first kappa shape index (κ1) is 15.7. The fraction of sp³-hybridized carbons (Fsp3) is 0.538. The van der Waals surface area contributed by atoms with Crippen molar-refractivity contribution in [3.05, 3.63) is 28.3 Å². The van der Waals surface area contributed by atoms with Crippen LogP contribution in [0.4, 0.5) is 11.4 Å². The van der Waals surface area contributed by atoms with Crippen molar-refractivity contribution in [3.8, 4) is 0 Å². The molecule has 2 rings (SSSR count). The average molecular weight is 313 g/mol. The topological polar surface area (TPSA) is 115 Å². The van der Waals surface area contributed by atoms with Crippen LogP contribution in [0.5, 0.6) is 0 Å². The molecule has 1 fully saturated rings. The van der Waals surface area contributed by atoms with Crippen molar-refractivity contribution < 1.29 is 13.3 Å². The second-order valence-corrected chi connectivity index (χ2v) is 7.35.